The van der Waals surface area contributed by atoms with Crippen molar-refractivity contribution in [1.82, 2.24) is 0 Å². The highest BCUT2D eigenvalue weighted by molar-refractivity contribution is 6.47. The zero-order valence-corrected chi connectivity index (χ0v) is 8.28. The molecule has 0 aliphatic rings. The van der Waals surface area contributed by atoms with E-state index in [0.717, 1.165) is 5.56 Å². The van der Waals surface area contributed by atoms with Gasteiger partial charge in [0.2, 0.25) is 0 Å². The van der Waals surface area contributed by atoms with Crippen LogP contribution in [0.15, 0.2) is 24.3 Å². The van der Waals surface area contributed by atoms with Crippen LogP contribution < -0.4 is 0 Å². The van der Waals surface area contributed by atoms with Crippen molar-refractivity contribution in [2.75, 3.05) is 0 Å². The number of ketones is 1. The predicted molar refractivity (Wildman–Crippen MR) is 52.4 cm³/mol. The van der Waals surface area contributed by atoms with Crippen LogP contribution >= 0.6 is 11.6 Å². The Bertz CT molecular complexity index is 373. The maximum absolute atomic E-state index is 11.1. The Morgan fingerprint density at radius 1 is 1.36 bits per heavy atom. The van der Waals surface area contributed by atoms with E-state index in [0.29, 0.717) is 5.56 Å². The third-order valence-electron chi connectivity index (χ3n) is 1.90. The van der Waals surface area contributed by atoms with Gasteiger partial charge in [0, 0.05) is 0 Å². The number of alkyl halides is 1. The van der Waals surface area contributed by atoms with Gasteiger partial charge in [-0.15, -0.1) is 11.6 Å². The molecule has 0 aliphatic carbocycles. The minimum absolute atomic E-state index is 0.543. The molecule has 0 aromatic heterocycles. The van der Waals surface area contributed by atoms with E-state index in [1.54, 1.807) is 31.2 Å². The van der Waals surface area contributed by atoms with Crippen molar-refractivity contribution in [2.45, 2.75) is 12.3 Å². The van der Waals surface area contributed by atoms with Gasteiger partial charge in [0.05, 0.1) is 0 Å². The summed E-state index contributed by atoms with van der Waals surface area (Å²) in [6.45, 7) is 1.78. The van der Waals surface area contributed by atoms with Gasteiger partial charge in [-0.2, -0.15) is 0 Å². The minimum atomic E-state index is -1.51. The number of carboxylic acid groups (broad SMARTS) is 1. The molecule has 1 N–H and O–H groups in total. The summed E-state index contributed by atoms with van der Waals surface area (Å²) in [6.07, 6.45) is 0. The van der Waals surface area contributed by atoms with E-state index in [9.17, 15) is 9.59 Å². The molecule has 1 aromatic carbocycles. The number of hydrogen-bond donors (Lipinski definition) is 1. The second-order valence-corrected chi connectivity index (χ2v) is 3.32. The molecule has 0 spiro atoms. The summed E-state index contributed by atoms with van der Waals surface area (Å²) < 4.78 is 0. The van der Waals surface area contributed by atoms with E-state index in [-0.39, 0.29) is 0 Å². The fraction of sp³-hybridized carbons (Fsp3) is 0.200. The van der Waals surface area contributed by atoms with Gasteiger partial charge in [0.1, 0.15) is 5.38 Å². The maximum Gasteiger partial charge on any atom is 0.374 e. The Morgan fingerprint density at radius 3 is 2.43 bits per heavy atom. The van der Waals surface area contributed by atoms with E-state index >= 15 is 0 Å². The molecule has 1 unspecified atom stereocenters. The lowest BCUT2D eigenvalue weighted by Crippen LogP contribution is -2.18. The Balaban J connectivity index is 3.01. The molecule has 0 fully saturated rings. The topological polar surface area (TPSA) is 54.4 Å². The number of rotatable bonds is 3. The lowest BCUT2D eigenvalue weighted by Gasteiger charge is -2.08. The molecular weight excluding hydrogens is 204 g/mol. The van der Waals surface area contributed by atoms with Crippen molar-refractivity contribution in [3.8, 4) is 0 Å². The number of benzene rings is 1. The summed E-state index contributed by atoms with van der Waals surface area (Å²) in [5, 5.41) is 7.37. The van der Waals surface area contributed by atoms with Gasteiger partial charge < -0.3 is 5.11 Å². The van der Waals surface area contributed by atoms with E-state index in [1.165, 1.54) is 0 Å². The number of carboxylic acids is 1. The van der Waals surface area contributed by atoms with Crippen molar-refractivity contribution < 1.29 is 14.7 Å². The Kier molecular flexibility index (Phi) is 3.25. The maximum atomic E-state index is 11.1. The number of halogens is 1. The van der Waals surface area contributed by atoms with Crippen LogP contribution in [0.25, 0.3) is 0 Å². The summed E-state index contributed by atoms with van der Waals surface area (Å²) in [4.78, 5) is 21.5. The van der Waals surface area contributed by atoms with E-state index < -0.39 is 17.1 Å². The van der Waals surface area contributed by atoms with Gasteiger partial charge in [0.15, 0.2) is 0 Å². The second-order valence-electron chi connectivity index (χ2n) is 2.89. The number of carbonyl (C=O) groups is 2. The summed E-state index contributed by atoms with van der Waals surface area (Å²) >= 11 is 5.73. The first kappa shape index (κ1) is 10.7. The van der Waals surface area contributed by atoms with Gasteiger partial charge >= 0.3 is 5.97 Å². The number of Topliss-reactive ketones (excluding diaryl/α,β-unsaturated/α-hetero) is 1. The fourth-order valence-electron chi connectivity index (χ4n) is 1.12. The zero-order valence-electron chi connectivity index (χ0n) is 7.53. The molecule has 74 valence electrons. The first-order valence-electron chi connectivity index (χ1n) is 4.00. The average molecular weight is 213 g/mol. The summed E-state index contributed by atoms with van der Waals surface area (Å²) in [5.41, 5.74) is 1.35. The normalized spacial score (nSPS) is 12.1. The number of carbonyl (C=O) groups excluding carboxylic acids is 1. The lowest BCUT2D eigenvalue weighted by atomic mass is 10.0. The van der Waals surface area contributed by atoms with Crippen molar-refractivity contribution in [3.63, 3.8) is 0 Å². The van der Waals surface area contributed by atoms with Gasteiger partial charge in [0.25, 0.3) is 5.78 Å². The molecule has 14 heavy (non-hydrogen) atoms. The SMILES string of the molecule is Cc1ccccc1C(Cl)C(=O)C(=O)O. The first-order chi connectivity index (χ1) is 6.54. The molecule has 0 heterocycles. The highest BCUT2D eigenvalue weighted by atomic mass is 35.5. The van der Waals surface area contributed by atoms with Crippen LogP contribution in [-0.4, -0.2) is 16.9 Å². The standard InChI is InChI=1S/C10H9ClO3/c1-6-4-2-3-5-7(6)8(11)9(12)10(13)14/h2-5,8H,1H3,(H,13,14). The molecule has 0 radical (unpaired) electrons. The largest absolute Gasteiger partial charge is 0.475 e. The molecule has 4 heteroatoms. The number of aliphatic carboxylic acids is 1. The van der Waals surface area contributed by atoms with Crippen molar-refractivity contribution in [2.24, 2.45) is 0 Å². The van der Waals surface area contributed by atoms with Crippen LogP contribution in [0.5, 0.6) is 0 Å². The molecule has 1 atom stereocenters. The van der Waals surface area contributed by atoms with Crippen molar-refractivity contribution >= 4 is 23.4 Å². The smallest absolute Gasteiger partial charge is 0.374 e. The summed E-state index contributed by atoms with van der Waals surface area (Å²) in [6, 6.07) is 6.94. The van der Waals surface area contributed by atoms with E-state index in [4.69, 9.17) is 16.7 Å². The van der Waals surface area contributed by atoms with Gasteiger partial charge in [-0.05, 0) is 18.1 Å². The highest BCUT2D eigenvalue weighted by Crippen LogP contribution is 2.24. The quantitative estimate of drug-likeness (QED) is 0.615. The van der Waals surface area contributed by atoms with Crippen LogP contribution in [0.1, 0.15) is 16.5 Å². The van der Waals surface area contributed by atoms with Crippen LogP contribution in [0.4, 0.5) is 0 Å². The van der Waals surface area contributed by atoms with Crippen molar-refractivity contribution in [3.05, 3.63) is 35.4 Å². The van der Waals surface area contributed by atoms with Gasteiger partial charge in [-0.1, -0.05) is 24.3 Å². The number of hydrogen-bond acceptors (Lipinski definition) is 2. The van der Waals surface area contributed by atoms with Crippen LogP contribution in [0.3, 0.4) is 0 Å². The van der Waals surface area contributed by atoms with E-state index in [2.05, 4.69) is 0 Å². The Morgan fingerprint density at radius 2 is 1.93 bits per heavy atom. The Labute approximate surface area is 86.3 Å². The molecule has 3 nitrogen and oxygen atoms in total. The van der Waals surface area contributed by atoms with Gasteiger partial charge in [-0.25, -0.2) is 4.79 Å². The summed E-state index contributed by atoms with van der Waals surface area (Å²) in [5.74, 6) is -2.51. The molecule has 0 amide bonds. The third kappa shape index (κ3) is 2.12. The van der Waals surface area contributed by atoms with Crippen molar-refractivity contribution in [1.29, 1.82) is 0 Å². The predicted octanol–water partition coefficient (Wildman–Crippen LogP) is 1.93. The first-order valence-corrected chi connectivity index (χ1v) is 4.44. The monoisotopic (exact) mass is 212 g/mol. The number of aryl methyl sites for hydroxylation is 1. The second kappa shape index (κ2) is 4.24. The van der Waals surface area contributed by atoms with Crippen LogP contribution in [0, 0.1) is 6.92 Å². The molecule has 1 aromatic rings. The molecule has 0 saturated carbocycles. The molecular formula is C10H9ClO3. The van der Waals surface area contributed by atoms with E-state index in [1.807, 2.05) is 0 Å². The average Bonchev–Trinajstić information content (AvgIpc) is 2.16. The Hall–Kier alpha value is -1.35. The molecule has 0 aliphatic heterocycles. The molecule has 0 saturated heterocycles. The highest BCUT2D eigenvalue weighted by Gasteiger charge is 2.24. The van der Waals surface area contributed by atoms with Crippen LogP contribution in [-0.2, 0) is 9.59 Å². The molecule has 1 rings (SSSR count). The minimum Gasteiger partial charge on any atom is -0.475 e. The zero-order chi connectivity index (χ0) is 10.7. The molecule has 0 bridgehead atoms. The third-order valence-corrected chi connectivity index (χ3v) is 2.34. The van der Waals surface area contributed by atoms with Gasteiger partial charge in [-0.3, -0.25) is 4.79 Å². The fourth-order valence-corrected chi connectivity index (χ4v) is 1.46. The van der Waals surface area contributed by atoms with Crippen LogP contribution in [0.2, 0.25) is 0 Å². The lowest BCUT2D eigenvalue weighted by molar-refractivity contribution is -0.148. The summed E-state index contributed by atoms with van der Waals surface area (Å²) in [7, 11) is 0.